The van der Waals surface area contributed by atoms with Crippen molar-refractivity contribution in [2.24, 2.45) is 17.6 Å². The van der Waals surface area contributed by atoms with Crippen LogP contribution in [-0.4, -0.2) is 184 Å². The van der Waals surface area contributed by atoms with Crippen molar-refractivity contribution < 1.29 is 72.4 Å². The maximum absolute atomic E-state index is 14.6. The first-order valence-electron chi connectivity index (χ1n) is 30.7. The number of amides is 9. The van der Waals surface area contributed by atoms with Gasteiger partial charge in [0.05, 0.1) is 45.1 Å². The molecule has 89 heavy (non-hydrogen) atoms. The summed E-state index contributed by atoms with van der Waals surface area (Å²) in [6, 6.07) is 17.5. The number of aliphatic carboxylic acids is 2. The second-order valence-corrected chi connectivity index (χ2v) is 24.9. The number of ether oxygens (including phenoxy) is 2. The minimum absolute atomic E-state index is 0.00609. The van der Waals surface area contributed by atoms with Gasteiger partial charge in [-0.1, -0.05) is 94.5 Å². The van der Waals surface area contributed by atoms with Gasteiger partial charge in [-0.05, 0) is 85.4 Å². The molecule has 4 aliphatic rings. The second-order valence-electron chi connectivity index (χ2n) is 23.8. The third-order valence-electron chi connectivity index (χ3n) is 15.6. The lowest BCUT2D eigenvalue weighted by Gasteiger charge is -2.32. The van der Waals surface area contributed by atoms with Crippen molar-refractivity contribution in [2.45, 2.75) is 147 Å². The molecule has 25 heteroatoms. The Balaban J connectivity index is 1.34. The lowest BCUT2D eigenvalue weighted by Crippen LogP contribution is -2.54. The Morgan fingerprint density at radius 2 is 1.26 bits per heavy atom. The fraction of sp³-hybridized carbons (Fsp3) is 0.547. The predicted octanol–water partition coefficient (Wildman–Crippen LogP) is 4.05. The molecule has 4 atom stereocenters. The molecular weight excluding hydrogens is 1170 g/mol. The quantitative estimate of drug-likeness (QED) is 0.0938. The number of carboxylic acids is 2. The molecule has 3 heterocycles. The summed E-state index contributed by atoms with van der Waals surface area (Å²) in [7, 11) is 0. The van der Waals surface area contributed by atoms with Gasteiger partial charge in [0.25, 0.3) is 5.91 Å². The summed E-state index contributed by atoms with van der Waals surface area (Å²) < 4.78 is 11.0. The van der Waals surface area contributed by atoms with Crippen LogP contribution in [0, 0.1) is 11.8 Å². The van der Waals surface area contributed by atoms with Gasteiger partial charge < -0.3 is 66.3 Å². The van der Waals surface area contributed by atoms with E-state index < -0.39 is 135 Å². The Labute approximate surface area is 524 Å². The molecule has 1 fully saturated rings. The van der Waals surface area contributed by atoms with Crippen LogP contribution in [0.4, 0.5) is 0 Å². The van der Waals surface area contributed by atoms with E-state index in [1.807, 2.05) is 32.0 Å². The molecule has 0 saturated heterocycles. The number of nitrogens with one attached hydrogen (secondary N) is 4. The van der Waals surface area contributed by atoms with Crippen LogP contribution in [0.3, 0.4) is 0 Å². The first-order valence-corrected chi connectivity index (χ1v) is 31.8. The molecule has 2 bridgehead atoms. The molecule has 1 saturated carbocycles. The highest BCUT2D eigenvalue weighted by Crippen LogP contribution is 2.33. The van der Waals surface area contributed by atoms with Gasteiger partial charge in [-0.15, -0.1) is 0 Å². The number of hydrogen-bond donors (Lipinski definition) is 7. The molecule has 8 N–H and O–H groups in total. The largest absolute Gasteiger partial charge is 0.481 e. The van der Waals surface area contributed by atoms with E-state index in [9.17, 15) is 63.0 Å². The molecule has 7 rings (SSSR count). The zero-order valence-electron chi connectivity index (χ0n) is 51.3. The van der Waals surface area contributed by atoms with Gasteiger partial charge in [-0.25, -0.2) is 0 Å². The summed E-state index contributed by atoms with van der Waals surface area (Å²) >= 11 is 1.44. The molecule has 24 nitrogen and oxygen atoms in total. The number of fused-ring (bicyclic) bond motifs is 30. The summed E-state index contributed by atoms with van der Waals surface area (Å²) in [4.78, 5) is 155. The van der Waals surface area contributed by atoms with Crippen LogP contribution in [-0.2, 0) is 66.5 Å². The molecule has 0 aromatic heterocycles. The van der Waals surface area contributed by atoms with Gasteiger partial charge in [-0.2, -0.15) is 11.8 Å². The van der Waals surface area contributed by atoms with Gasteiger partial charge in [0.1, 0.15) is 0 Å². The number of rotatable bonds is 17. The van der Waals surface area contributed by atoms with E-state index in [1.54, 1.807) is 61.5 Å². The van der Waals surface area contributed by atoms with Crippen molar-refractivity contribution in [3.05, 3.63) is 95.1 Å². The Morgan fingerprint density at radius 1 is 0.640 bits per heavy atom. The van der Waals surface area contributed by atoms with Crippen LogP contribution < -0.4 is 36.5 Å². The second kappa shape index (κ2) is 35.7. The molecule has 0 unspecified atom stereocenters. The minimum Gasteiger partial charge on any atom is -0.481 e. The van der Waals surface area contributed by atoms with Crippen LogP contribution >= 0.6 is 11.8 Å². The summed E-state index contributed by atoms with van der Waals surface area (Å²) in [6.45, 7) is 2.42. The summed E-state index contributed by atoms with van der Waals surface area (Å²) in [6.07, 6.45) is 4.28. The van der Waals surface area contributed by atoms with E-state index in [0.717, 1.165) is 48.1 Å². The highest BCUT2D eigenvalue weighted by Gasteiger charge is 2.31. The number of carbonyl (C=O) groups is 11. The lowest BCUT2D eigenvalue weighted by molar-refractivity contribution is -0.142. The fourth-order valence-electron chi connectivity index (χ4n) is 11.3. The molecule has 484 valence electrons. The van der Waals surface area contributed by atoms with Crippen molar-refractivity contribution in [2.75, 3.05) is 64.9 Å². The van der Waals surface area contributed by atoms with Gasteiger partial charge in [-0.3, -0.25) is 52.7 Å². The third-order valence-corrected chi connectivity index (χ3v) is 16.6. The van der Waals surface area contributed by atoms with E-state index in [4.69, 9.17) is 15.2 Å². The maximum Gasteiger partial charge on any atom is 0.303 e. The molecule has 1 aliphatic carbocycles. The highest BCUT2D eigenvalue weighted by atomic mass is 32.2. The van der Waals surface area contributed by atoms with Crippen molar-refractivity contribution in [1.29, 1.82) is 0 Å². The number of thioether (sulfide) groups is 1. The fourth-order valence-corrected chi connectivity index (χ4v) is 12.2. The number of carboxylic acid groups (broad SMARTS) is 2. The first kappa shape index (κ1) is 69.9. The number of primary amides is 1. The Bertz CT molecular complexity index is 2930. The topological polar surface area (TPSA) is 334 Å². The van der Waals surface area contributed by atoms with Crippen LogP contribution in [0.1, 0.15) is 131 Å². The minimum atomic E-state index is -1.26. The van der Waals surface area contributed by atoms with E-state index in [1.165, 1.54) is 26.5 Å². The SMILES string of the molecule is CC(C)C[C@H]1CN(C(=O)Cc2ccc3c(c2)OCO3)CC(=O)N[C@@H](CCC(=O)O)CN(C(=O)CCC2CCCCC2)CC(=O)N[C@@H](C)CN(C(=O)CCC(=O)O)CC(=O)N[C@@H](Cc2ccccc2)CN(CC(N)=O)C(=O)CCSCc2ccc(cc2)C(=O)N1. The monoisotopic (exact) mass is 1250 g/mol. The van der Waals surface area contributed by atoms with Crippen molar-refractivity contribution in [1.82, 2.24) is 40.9 Å². The van der Waals surface area contributed by atoms with E-state index in [2.05, 4.69) is 21.3 Å². The van der Waals surface area contributed by atoms with Crippen LogP contribution in [0.5, 0.6) is 11.5 Å². The predicted molar refractivity (Wildman–Crippen MR) is 331 cm³/mol. The van der Waals surface area contributed by atoms with Gasteiger partial charge in [0, 0.05) is 87.1 Å². The third kappa shape index (κ3) is 25.1. The maximum atomic E-state index is 14.6. The Kier molecular flexibility index (Phi) is 28.0. The zero-order chi connectivity index (χ0) is 64.4. The molecule has 3 aromatic rings. The highest BCUT2D eigenvalue weighted by molar-refractivity contribution is 7.98. The van der Waals surface area contributed by atoms with E-state index in [-0.39, 0.29) is 76.9 Å². The average molecular weight is 1250 g/mol. The zero-order valence-corrected chi connectivity index (χ0v) is 52.1. The summed E-state index contributed by atoms with van der Waals surface area (Å²) in [5, 5.41) is 31.1. The smallest absolute Gasteiger partial charge is 0.303 e. The normalized spacial score (nSPS) is 20.3. The average Bonchev–Trinajstić information content (AvgIpc) is 2.73. The van der Waals surface area contributed by atoms with E-state index >= 15 is 0 Å². The number of benzene rings is 3. The summed E-state index contributed by atoms with van der Waals surface area (Å²) in [5.74, 6) is -5.81. The molecule has 3 aliphatic heterocycles. The number of carbonyl (C=O) groups excluding carboxylic acids is 9. The van der Waals surface area contributed by atoms with Crippen LogP contribution in [0.15, 0.2) is 72.8 Å². The van der Waals surface area contributed by atoms with Gasteiger partial charge in [0.15, 0.2) is 11.5 Å². The van der Waals surface area contributed by atoms with Gasteiger partial charge >= 0.3 is 11.9 Å². The van der Waals surface area contributed by atoms with Crippen LogP contribution in [0.25, 0.3) is 0 Å². The number of nitrogens with two attached hydrogens (primary N) is 1. The van der Waals surface area contributed by atoms with Gasteiger partial charge in [0.2, 0.25) is 54.1 Å². The lowest BCUT2D eigenvalue weighted by atomic mass is 9.86. The molecule has 9 amide bonds. The number of nitrogens with zero attached hydrogens (tertiary/aromatic N) is 4. The van der Waals surface area contributed by atoms with Crippen LogP contribution in [0.2, 0.25) is 0 Å². The molecule has 3 aromatic carbocycles. The van der Waals surface area contributed by atoms with Crippen molar-refractivity contribution in [3.63, 3.8) is 0 Å². The van der Waals surface area contributed by atoms with E-state index in [0.29, 0.717) is 47.0 Å². The summed E-state index contributed by atoms with van der Waals surface area (Å²) in [5.41, 5.74) is 8.17. The van der Waals surface area contributed by atoms with Crippen molar-refractivity contribution >= 4 is 76.9 Å². The molecule has 0 radical (unpaired) electrons. The molecular formula is C64H87N9O15S. The standard InChI is InChI=1S/C64H87N9O15S/c1-42(2)28-50-34-73(61(81)31-47-16-21-52-53(30-47)88-41-87-52)39-56(76)67-49(20-24-62(82)83)33-72(58(78)22-17-44-10-6-4-7-11-44)37-55(75)66-43(3)32-70(59(79)23-25-63(84)85)38-57(77)68-51(29-45-12-8-5-9-13-45)35-71(36-54(65)74)60(80)26-27-89-40-46-14-18-48(19-15-46)64(86)69-50/h5,8-9,12-16,18-19,21,30,42-44,49-51H,4,6-7,10-11,17,20,22-29,31-41H2,1-3H3,(H2,65,74)(H,66,75)(H,67,76)(H,68,77)(H,69,86)(H,82,83)(H,84,85)/t43-,49-,50-,51-/m0/s1. The van der Waals surface area contributed by atoms with Crippen molar-refractivity contribution in [3.8, 4) is 11.5 Å². The molecule has 0 spiro atoms. The Hall–Kier alpha value is -8.22. The first-order chi connectivity index (χ1) is 42.5. The number of hydrogen-bond acceptors (Lipinski definition) is 14. The Morgan fingerprint density at radius 3 is 1.92 bits per heavy atom.